The van der Waals surface area contributed by atoms with E-state index in [1.807, 2.05) is 68.4 Å². The number of nitrogens with zero attached hydrogens (tertiary/aromatic N) is 2. The fourth-order valence-electron chi connectivity index (χ4n) is 4.14. The highest BCUT2D eigenvalue weighted by Gasteiger charge is 2.23. The van der Waals surface area contributed by atoms with Crippen molar-refractivity contribution in [3.8, 4) is 16.8 Å². The Bertz CT molecular complexity index is 1720. The van der Waals surface area contributed by atoms with Gasteiger partial charge in [0.15, 0.2) is 5.69 Å². The van der Waals surface area contributed by atoms with Crippen molar-refractivity contribution >= 4 is 39.0 Å². The van der Waals surface area contributed by atoms with Gasteiger partial charge in [-0.2, -0.15) is 9.78 Å². The largest absolute Gasteiger partial charge is 0.461 e. The molecule has 38 heavy (non-hydrogen) atoms. The quantitative estimate of drug-likeness (QED) is 0.269. The molecule has 8 heteroatoms. The monoisotopic (exact) mass is 523 g/mol. The van der Waals surface area contributed by atoms with E-state index in [4.69, 9.17) is 4.74 Å². The van der Waals surface area contributed by atoms with Gasteiger partial charge in [-0.15, -0.1) is 11.3 Å². The molecule has 0 fully saturated rings. The van der Waals surface area contributed by atoms with E-state index in [0.717, 1.165) is 22.3 Å². The van der Waals surface area contributed by atoms with Crippen molar-refractivity contribution in [2.24, 2.45) is 0 Å². The van der Waals surface area contributed by atoms with Crippen LogP contribution in [0.15, 0.2) is 83.0 Å². The van der Waals surface area contributed by atoms with Gasteiger partial charge in [0.25, 0.3) is 11.5 Å². The summed E-state index contributed by atoms with van der Waals surface area (Å²) >= 11 is 1.17. The minimum atomic E-state index is -0.637. The molecule has 2 heterocycles. The van der Waals surface area contributed by atoms with Crippen molar-refractivity contribution in [3.05, 3.63) is 111 Å². The minimum absolute atomic E-state index is 0.0173. The first-order valence-electron chi connectivity index (χ1n) is 12.1. The Morgan fingerprint density at radius 1 is 0.947 bits per heavy atom. The molecule has 0 atom stereocenters. The van der Waals surface area contributed by atoms with Gasteiger partial charge < -0.3 is 10.1 Å². The summed E-state index contributed by atoms with van der Waals surface area (Å²) in [4.78, 5) is 39.6. The van der Waals surface area contributed by atoms with Crippen molar-refractivity contribution in [1.82, 2.24) is 9.78 Å². The molecule has 2 aromatic heterocycles. The van der Waals surface area contributed by atoms with Crippen molar-refractivity contribution in [1.29, 1.82) is 0 Å². The Kier molecular flexibility index (Phi) is 6.89. The summed E-state index contributed by atoms with van der Waals surface area (Å²) in [5, 5.41) is 9.78. The van der Waals surface area contributed by atoms with Crippen molar-refractivity contribution < 1.29 is 14.3 Å². The molecule has 5 rings (SSSR count). The number of anilines is 1. The molecule has 5 aromatic rings. The molecular formula is C30H25N3O4S. The highest BCUT2D eigenvalue weighted by Crippen LogP contribution is 2.31. The lowest BCUT2D eigenvalue weighted by atomic mass is 10.0. The van der Waals surface area contributed by atoms with E-state index in [0.29, 0.717) is 21.6 Å². The number of aryl methyl sites for hydroxylation is 2. The molecule has 0 unspecified atom stereocenters. The SMILES string of the molecule is CCOC(=O)c1nn(-c2ccc(C)c(C)c2)c(=O)c2c(NC(=O)c3ccc(-c4ccccc4)cc3)scc12. The summed E-state index contributed by atoms with van der Waals surface area (Å²) in [6.45, 7) is 5.78. The maximum Gasteiger partial charge on any atom is 0.359 e. The summed E-state index contributed by atoms with van der Waals surface area (Å²) in [6, 6.07) is 22.6. The molecule has 0 spiro atoms. The number of nitrogens with one attached hydrogen (secondary N) is 1. The van der Waals surface area contributed by atoms with E-state index < -0.39 is 11.5 Å². The number of fused-ring (bicyclic) bond motifs is 1. The zero-order valence-electron chi connectivity index (χ0n) is 21.1. The second-order valence-electron chi connectivity index (χ2n) is 8.81. The lowest BCUT2D eigenvalue weighted by Gasteiger charge is -2.11. The number of esters is 1. The summed E-state index contributed by atoms with van der Waals surface area (Å²) < 4.78 is 6.41. The first-order valence-corrected chi connectivity index (χ1v) is 13.0. The van der Waals surface area contributed by atoms with Gasteiger partial charge in [-0.05, 0) is 67.3 Å². The van der Waals surface area contributed by atoms with Gasteiger partial charge in [0.2, 0.25) is 0 Å². The average molecular weight is 524 g/mol. The van der Waals surface area contributed by atoms with Crippen LogP contribution in [-0.2, 0) is 4.74 Å². The number of ether oxygens (including phenoxy) is 1. The highest BCUT2D eigenvalue weighted by atomic mass is 32.1. The van der Waals surface area contributed by atoms with Gasteiger partial charge in [0, 0.05) is 16.3 Å². The molecule has 0 bridgehead atoms. The van der Waals surface area contributed by atoms with Gasteiger partial charge in [0.05, 0.1) is 17.7 Å². The fraction of sp³-hybridized carbons (Fsp3) is 0.133. The number of carbonyl (C=O) groups is 2. The molecule has 7 nitrogen and oxygen atoms in total. The number of benzene rings is 3. The number of aromatic nitrogens is 2. The van der Waals surface area contributed by atoms with Crippen LogP contribution in [0.3, 0.4) is 0 Å². The van der Waals surface area contributed by atoms with Gasteiger partial charge in [-0.25, -0.2) is 4.79 Å². The van der Waals surface area contributed by atoms with Gasteiger partial charge in [0.1, 0.15) is 5.00 Å². The van der Waals surface area contributed by atoms with Crippen LogP contribution in [0.2, 0.25) is 0 Å². The minimum Gasteiger partial charge on any atom is -0.461 e. The Labute approximate surface area is 223 Å². The van der Waals surface area contributed by atoms with E-state index in [1.54, 1.807) is 30.5 Å². The molecule has 1 N–H and O–H groups in total. The summed E-state index contributed by atoms with van der Waals surface area (Å²) in [7, 11) is 0. The number of amides is 1. The molecular weight excluding hydrogens is 498 g/mol. The molecule has 0 aliphatic rings. The van der Waals surface area contributed by atoms with Crippen molar-refractivity contribution in [3.63, 3.8) is 0 Å². The number of hydrogen-bond acceptors (Lipinski definition) is 6. The summed E-state index contributed by atoms with van der Waals surface area (Å²) in [5.74, 6) is -0.998. The normalized spacial score (nSPS) is 10.9. The molecule has 0 aliphatic heterocycles. The maximum atomic E-state index is 13.7. The number of rotatable bonds is 6. The molecule has 0 radical (unpaired) electrons. The Morgan fingerprint density at radius 3 is 2.34 bits per heavy atom. The van der Waals surface area contributed by atoms with Crippen LogP contribution in [0.5, 0.6) is 0 Å². The van der Waals surface area contributed by atoms with E-state index in [1.165, 1.54) is 16.0 Å². The zero-order chi connectivity index (χ0) is 26.8. The number of hydrogen-bond donors (Lipinski definition) is 1. The van der Waals surface area contributed by atoms with Crippen LogP contribution in [0.1, 0.15) is 38.9 Å². The molecule has 0 saturated heterocycles. The van der Waals surface area contributed by atoms with E-state index in [2.05, 4.69) is 10.4 Å². The van der Waals surface area contributed by atoms with E-state index in [9.17, 15) is 14.4 Å². The van der Waals surface area contributed by atoms with Gasteiger partial charge in [-0.3, -0.25) is 9.59 Å². The molecule has 1 amide bonds. The lowest BCUT2D eigenvalue weighted by molar-refractivity contribution is 0.0520. The summed E-state index contributed by atoms with van der Waals surface area (Å²) in [5.41, 5.74) is 4.63. The highest BCUT2D eigenvalue weighted by molar-refractivity contribution is 7.16. The molecule has 0 saturated carbocycles. The van der Waals surface area contributed by atoms with Crippen molar-refractivity contribution in [2.45, 2.75) is 20.8 Å². The molecule has 3 aromatic carbocycles. The zero-order valence-corrected chi connectivity index (χ0v) is 22.0. The van der Waals surface area contributed by atoms with Crippen LogP contribution in [-0.4, -0.2) is 28.3 Å². The second-order valence-corrected chi connectivity index (χ2v) is 9.69. The van der Waals surface area contributed by atoms with Crippen molar-refractivity contribution in [2.75, 3.05) is 11.9 Å². The fourth-order valence-corrected chi connectivity index (χ4v) is 5.08. The number of carbonyl (C=O) groups excluding carboxylic acids is 2. The smallest absolute Gasteiger partial charge is 0.359 e. The number of thiophene rings is 1. The molecule has 190 valence electrons. The average Bonchev–Trinajstić information content (AvgIpc) is 3.35. The summed E-state index contributed by atoms with van der Waals surface area (Å²) in [6.07, 6.45) is 0. The Hall–Kier alpha value is -4.56. The topological polar surface area (TPSA) is 90.3 Å². The third-order valence-corrected chi connectivity index (χ3v) is 7.23. The van der Waals surface area contributed by atoms with Gasteiger partial charge in [-0.1, -0.05) is 48.5 Å². The maximum absolute atomic E-state index is 13.7. The van der Waals surface area contributed by atoms with Crippen LogP contribution >= 0.6 is 11.3 Å². The predicted molar refractivity (Wildman–Crippen MR) is 150 cm³/mol. The first kappa shape index (κ1) is 25.1. The third kappa shape index (κ3) is 4.73. The van der Waals surface area contributed by atoms with Crippen LogP contribution in [0.4, 0.5) is 5.00 Å². The van der Waals surface area contributed by atoms with Crippen LogP contribution in [0, 0.1) is 13.8 Å². The van der Waals surface area contributed by atoms with Crippen LogP contribution in [0.25, 0.3) is 27.6 Å². The van der Waals surface area contributed by atoms with Gasteiger partial charge >= 0.3 is 5.97 Å². The predicted octanol–water partition coefficient (Wildman–Crippen LogP) is 6.16. The standard InChI is InChI=1S/C30H25N3O4S/c1-4-37-30(36)26-24-17-38-28(25(24)29(35)33(32-26)23-15-10-18(2)19(3)16-23)31-27(34)22-13-11-21(12-14-22)20-8-6-5-7-9-20/h5-17H,4H2,1-3H3,(H,31,34). The third-order valence-electron chi connectivity index (χ3n) is 6.34. The van der Waals surface area contributed by atoms with E-state index in [-0.39, 0.29) is 23.6 Å². The van der Waals surface area contributed by atoms with E-state index >= 15 is 0 Å². The second kappa shape index (κ2) is 10.4. The molecule has 0 aliphatic carbocycles. The Morgan fingerprint density at radius 2 is 1.66 bits per heavy atom. The Balaban J connectivity index is 1.56. The first-order chi connectivity index (χ1) is 18.4. The lowest BCUT2D eigenvalue weighted by Crippen LogP contribution is -2.25. The van der Waals surface area contributed by atoms with Crippen LogP contribution < -0.4 is 10.9 Å².